The molecule has 0 saturated heterocycles. The first-order valence-corrected chi connectivity index (χ1v) is 8.21. The maximum atomic E-state index is 9.64. The minimum absolute atomic E-state index is 0.108. The molecule has 0 aliphatic heterocycles. The van der Waals surface area contributed by atoms with Gasteiger partial charge in [0.2, 0.25) is 5.95 Å². The predicted molar refractivity (Wildman–Crippen MR) is 83.2 cm³/mol. The molecule has 0 amide bonds. The second-order valence-corrected chi connectivity index (χ2v) is 6.74. The molecule has 2 atom stereocenters. The average molecular weight is 297 g/mol. The van der Waals surface area contributed by atoms with Crippen molar-refractivity contribution in [2.45, 2.75) is 43.6 Å². The standard InChI is InChI=1S/C13H19N3OS2/c1-4-6-14-13-15-11-10(5-7-18-11)12(16-13)19-9(3)8(2)17/h5,7-9,17H,4,6H2,1-3H3,(H,14,15,16). The second kappa shape index (κ2) is 6.54. The topological polar surface area (TPSA) is 58.0 Å². The molecule has 0 aliphatic rings. The second-order valence-electron chi connectivity index (χ2n) is 4.48. The number of aromatic nitrogens is 2. The molecule has 2 heterocycles. The molecule has 0 radical (unpaired) electrons. The molecule has 2 aromatic rings. The maximum absolute atomic E-state index is 9.64. The number of thioether (sulfide) groups is 1. The number of fused-ring (bicyclic) bond motifs is 1. The van der Waals surface area contributed by atoms with Crippen LogP contribution in [0.3, 0.4) is 0 Å². The molecule has 2 rings (SSSR count). The van der Waals surface area contributed by atoms with E-state index < -0.39 is 0 Å². The van der Waals surface area contributed by atoms with Crippen molar-refractivity contribution >= 4 is 39.3 Å². The van der Waals surface area contributed by atoms with Gasteiger partial charge < -0.3 is 10.4 Å². The predicted octanol–water partition coefficient (Wildman–Crippen LogP) is 3.37. The van der Waals surface area contributed by atoms with Crippen LogP contribution in [0.5, 0.6) is 0 Å². The van der Waals surface area contributed by atoms with Crippen molar-refractivity contribution in [3.63, 3.8) is 0 Å². The molecule has 0 aliphatic carbocycles. The minimum Gasteiger partial charge on any atom is -0.392 e. The normalized spacial score (nSPS) is 14.5. The molecule has 19 heavy (non-hydrogen) atoms. The highest BCUT2D eigenvalue weighted by Gasteiger charge is 2.15. The Hall–Kier alpha value is -0.850. The molecule has 0 aromatic carbocycles. The Morgan fingerprint density at radius 1 is 1.42 bits per heavy atom. The van der Waals surface area contributed by atoms with Gasteiger partial charge in [-0.2, -0.15) is 0 Å². The summed E-state index contributed by atoms with van der Waals surface area (Å²) in [5.74, 6) is 0.678. The van der Waals surface area contributed by atoms with E-state index in [2.05, 4.69) is 22.2 Å². The van der Waals surface area contributed by atoms with Crippen molar-refractivity contribution in [2.24, 2.45) is 0 Å². The lowest BCUT2D eigenvalue weighted by atomic mass is 10.3. The van der Waals surface area contributed by atoms with Crippen LogP contribution in [0.2, 0.25) is 0 Å². The molecule has 4 nitrogen and oxygen atoms in total. The van der Waals surface area contributed by atoms with Crippen molar-refractivity contribution in [1.29, 1.82) is 0 Å². The molecule has 6 heteroatoms. The van der Waals surface area contributed by atoms with Crippen LogP contribution in [0, 0.1) is 0 Å². The van der Waals surface area contributed by atoms with Gasteiger partial charge >= 0.3 is 0 Å². The van der Waals surface area contributed by atoms with E-state index in [1.165, 1.54) is 0 Å². The summed E-state index contributed by atoms with van der Waals surface area (Å²) < 4.78 is 0. The fourth-order valence-electron chi connectivity index (χ4n) is 1.51. The van der Waals surface area contributed by atoms with Gasteiger partial charge in [0.05, 0.1) is 6.10 Å². The lowest BCUT2D eigenvalue weighted by molar-refractivity contribution is 0.196. The smallest absolute Gasteiger partial charge is 0.225 e. The zero-order valence-corrected chi connectivity index (χ0v) is 13.0. The van der Waals surface area contributed by atoms with Gasteiger partial charge in [0, 0.05) is 17.2 Å². The summed E-state index contributed by atoms with van der Waals surface area (Å²) in [6.45, 7) is 6.80. The lowest BCUT2D eigenvalue weighted by Gasteiger charge is -2.14. The first-order valence-electron chi connectivity index (χ1n) is 6.45. The Balaban J connectivity index is 2.31. The van der Waals surface area contributed by atoms with Gasteiger partial charge in [-0.25, -0.2) is 9.97 Å². The van der Waals surface area contributed by atoms with Gasteiger partial charge in [-0.05, 0) is 24.8 Å². The summed E-state index contributed by atoms with van der Waals surface area (Å²) in [6, 6.07) is 2.04. The Bertz CT molecular complexity index is 542. The highest BCUT2D eigenvalue weighted by atomic mass is 32.2. The van der Waals surface area contributed by atoms with Crippen molar-refractivity contribution in [1.82, 2.24) is 9.97 Å². The highest BCUT2D eigenvalue weighted by Crippen LogP contribution is 2.32. The summed E-state index contributed by atoms with van der Waals surface area (Å²) in [5, 5.41) is 17.0. The highest BCUT2D eigenvalue weighted by molar-refractivity contribution is 8.00. The Morgan fingerprint density at radius 3 is 2.89 bits per heavy atom. The van der Waals surface area contributed by atoms with Crippen LogP contribution in [0.15, 0.2) is 16.5 Å². The summed E-state index contributed by atoms with van der Waals surface area (Å²) in [5.41, 5.74) is 0. The summed E-state index contributed by atoms with van der Waals surface area (Å²) in [4.78, 5) is 10.1. The van der Waals surface area contributed by atoms with Crippen LogP contribution < -0.4 is 5.32 Å². The molecule has 0 saturated carbocycles. The molecule has 2 N–H and O–H groups in total. The largest absolute Gasteiger partial charge is 0.392 e. The molecule has 0 spiro atoms. The fraction of sp³-hybridized carbons (Fsp3) is 0.538. The van der Waals surface area contributed by atoms with Gasteiger partial charge in [0.15, 0.2) is 0 Å². The first kappa shape index (κ1) is 14.6. The molecule has 104 valence electrons. The fourth-order valence-corrected chi connectivity index (χ4v) is 3.32. The van der Waals surface area contributed by atoms with Gasteiger partial charge in [0.25, 0.3) is 0 Å². The molecular weight excluding hydrogens is 278 g/mol. The van der Waals surface area contributed by atoms with E-state index in [9.17, 15) is 5.11 Å². The number of nitrogens with one attached hydrogen (secondary N) is 1. The van der Waals surface area contributed by atoms with E-state index in [0.29, 0.717) is 5.95 Å². The molecule has 0 bridgehead atoms. The zero-order valence-electron chi connectivity index (χ0n) is 11.4. The van der Waals surface area contributed by atoms with Crippen molar-refractivity contribution in [3.8, 4) is 0 Å². The van der Waals surface area contributed by atoms with Crippen molar-refractivity contribution in [3.05, 3.63) is 11.4 Å². The number of anilines is 1. The van der Waals surface area contributed by atoms with Crippen LogP contribution in [0.25, 0.3) is 10.2 Å². The van der Waals surface area contributed by atoms with Crippen molar-refractivity contribution < 1.29 is 5.11 Å². The van der Waals surface area contributed by atoms with Gasteiger partial charge in [0.1, 0.15) is 9.86 Å². The number of hydrogen-bond acceptors (Lipinski definition) is 6. The van der Waals surface area contributed by atoms with Crippen LogP contribution in [0.1, 0.15) is 27.2 Å². The number of rotatable bonds is 6. The van der Waals surface area contributed by atoms with E-state index >= 15 is 0 Å². The van der Waals surface area contributed by atoms with Crippen LogP contribution in [-0.2, 0) is 0 Å². The third kappa shape index (κ3) is 3.58. The lowest BCUT2D eigenvalue weighted by Crippen LogP contribution is -2.15. The van der Waals surface area contributed by atoms with Gasteiger partial charge in [-0.1, -0.05) is 25.6 Å². The summed E-state index contributed by atoms with van der Waals surface area (Å²) >= 11 is 3.22. The average Bonchev–Trinajstić information content (AvgIpc) is 2.84. The Kier molecular flexibility index (Phi) is 5.01. The number of aliphatic hydroxyl groups excluding tert-OH is 1. The molecule has 0 fully saturated rings. The zero-order chi connectivity index (χ0) is 13.8. The number of nitrogens with zero attached hydrogens (tertiary/aromatic N) is 2. The van der Waals surface area contributed by atoms with Crippen LogP contribution >= 0.6 is 23.1 Å². The van der Waals surface area contributed by atoms with E-state index in [-0.39, 0.29) is 11.4 Å². The van der Waals surface area contributed by atoms with E-state index in [4.69, 9.17) is 0 Å². The number of hydrogen-bond donors (Lipinski definition) is 2. The first-order chi connectivity index (χ1) is 9.11. The Morgan fingerprint density at radius 2 is 2.21 bits per heavy atom. The summed E-state index contributed by atoms with van der Waals surface area (Å²) in [7, 11) is 0. The third-order valence-electron chi connectivity index (χ3n) is 2.80. The minimum atomic E-state index is -0.360. The SMILES string of the molecule is CCCNc1nc(SC(C)C(C)O)c2ccsc2n1. The molecular formula is C13H19N3OS2. The van der Waals surface area contributed by atoms with Crippen LogP contribution in [-0.4, -0.2) is 33.0 Å². The third-order valence-corrected chi connectivity index (χ3v) is 4.91. The van der Waals surface area contributed by atoms with Crippen molar-refractivity contribution in [2.75, 3.05) is 11.9 Å². The van der Waals surface area contributed by atoms with Crippen LogP contribution in [0.4, 0.5) is 5.95 Å². The quantitative estimate of drug-likeness (QED) is 0.632. The van der Waals surface area contributed by atoms with E-state index in [1.807, 2.05) is 18.4 Å². The Labute approximate surface area is 121 Å². The monoisotopic (exact) mass is 297 g/mol. The van der Waals surface area contributed by atoms with Gasteiger partial charge in [-0.15, -0.1) is 11.3 Å². The molecule has 2 aromatic heterocycles. The number of aliphatic hydroxyl groups is 1. The number of thiophene rings is 1. The molecule has 2 unspecified atom stereocenters. The summed E-state index contributed by atoms with van der Waals surface area (Å²) in [6.07, 6.45) is 0.680. The van der Waals surface area contributed by atoms with Gasteiger partial charge in [-0.3, -0.25) is 0 Å². The van der Waals surface area contributed by atoms with E-state index in [0.717, 1.165) is 28.2 Å². The maximum Gasteiger partial charge on any atom is 0.225 e. The van der Waals surface area contributed by atoms with E-state index in [1.54, 1.807) is 30.0 Å².